The fourth-order valence-electron chi connectivity index (χ4n) is 2.36. The summed E-state index contributed by atoms with van der Waals surface area (Å²) in [5.74, 6) is -0.0636. The van der Waals surface area contributed by atoms with E-state index in [1.54, 1.807) is 12.1 Å². The van der Waals surface area contributed by atoms with Crippen molar-refractivity contribution in [2.75, 3.05) is 9.81 Å². The first-order valence-electron chi connectivity index (χ1n) is 5.34. The van der Waals surface area contributed by atoms with Crippen molar-refractivity contribution < 1.29 is 9.59 Å². The van der Waals surface area contributed by atoms with Gasteiger partial charge in [0.1, 0.15) is 0 Å². The molecule has 0 bridgehead atoms. The van der Waals surface area contributed by atoms with Gasteiger partial charge >= 0.3 is 0 Å². The molecule has 1 aromatic rings. The molecule has 3 nitrogen and oxygen atoms in total. The van der Waals surface area contributed by atoms with Gasteiger partial charge in [0.2, 0.25) is 5.91 Å². The van der Waals surface area contributed by atoms with Crippen molar-refractivity contribution in [3.8, 4) is 0 Å². The van der Waals surface area contributed by atoms with Crippen LogP contribution in [0.3, 0.4) is 0 Å². The van der Waals surface area contributed by atoms with E-state index in [2.05, 4.69) is 16.1 Å². The van der Waals surface area contributed by atoms with Crippen LogP contribution in [0.5, 0.6) is 0 Å². The fourth-order valence-corrected chi connectivity index (χ4v) is 3.16. The van der Waals surface area contributed by atoms with Crippen molar-refractivity contribution in [1.29, 1.82) is 0 Å². The fraction of sp³-hybridized carbons (Fsp3) is 0.333. The molecule has 0 radical (unpaired) electrons. The molecule has 3 rings (SSSR count). The average molecular weight is 315 g/mol. The van der Waals surface area contributed by atoms with Gasteiger partial charge in [0.15, 0.2) is 5.78 Å². The second-order valence-electron chi connectivity index (χ2n) is 4.46. The molecule has 1 aromatic carbocycles. The highest BCUT2D eigenvalue weighted by atomic mass is 79.9. The molecule has 1 amide bonds. The van der Waals surface area contributed by atoms with Gasteiger partial charge in [-0.2, -0.15) is 0 Å². The van der Waals surface area contributed by atoms with E-state index in [9.17, 15) is 9.59 Å². The molecule has 0 aromatic heterocycles. The number of hydrogen-bond acceptors (Lipinski definition) is 2. The first kappa shape index (κ1) is 11.2. The quantitative estimate of drug-likeness (QED) is 0.478. The number of anilines is 1. The molecule has 0 unspecified atom stereocenters. The lowest BCUT2D eigenvalue weighted by Crippen LogP contribution is -2.23. The number of carbonyl (C=O) groups excluding carboxylic acids is 2. The van der Waals surface area contributed by atoms with Gasteiger partial charge in [0.05, 0.1) is 33.1 Å². The third-order valence-corrected chi connectivity index (χ3v) is 4.45. The van der Waals surface area contributed by atoms with E-state index < -0.39 is 0 Å². The molecule has 1 saturated carbocycles. The van der Waals surface area contributed by atoms with Crippen molar-refractivity contribution in [3.05, 3.63) is 29.3 Å². The van der Waals surface area contributed by atoms with E-state index in [0.29, 0.717) is 5.56 Å². The minimum atomic E-state index is -0.374. The molecule has 1 aliphatic carbocycles. The number of nitrogens with zero attached hydrogens (tertiary/aromatic N) is 1. The van der Waals surface area contributed by atoms with Gasteiger partial charge in [-0.3, -0.25) is 9.59 Å². The van der Waals surface area contributed by atoms with Crippen LogP contribution in [0.2, 0.25) is 0 Å². The molecule has 0 saturated heterocycles. The highest BCUT2D eigenvalue weighted by Gasteiger charge is 2.59. The summed E-state index contributed by atoms with van der Waals surface area (Å²) in [6, 6.07) is 5.33. The van der Waals surface area contributed by atoms with Crippen LogP contribution >= 0.6 is 27.7 Å². The predicted molar refractivity (Wildman–Crippen MR) is 68.8 cm³/mol. The van der Waals surface area contributed by atoms with E-state index in [1.165, 1.54) is 3.93 Å². The zero-order chi connectivity index (χ0) is 12.2. The number of Topliss-reactive ketones (excluding diaryl/α,β-unsaturated/α-hetero) is 1. The van der Waals surface area contributed by atoms with Gasteiger partial charge in [-0.1, -0.05) is 0 Å². The third kappa shape index (κ3) is 1.40. The first-order chi connectivity index (χ1) is 8.10. The second-order valence-corrected chi connectivity index (χ2v) is 5.43. The Balaban J connectivity index is 2.14. The van der Waals surface area contributed by atoms with Crippen molar-refractivity contribution in [2.45, 2.75) is 18.3 Å². The third-order valence-electron chi connectivity index (χ3n) is 3.50. The van der Waals surface area contributed by atoms with E-state index in [4.69, 9.17) is 11.6 Å². The smallest absolute Gasteiger partial charge is 0.247 e. The summed E-state index contributed by atoms with van der Waals surface area (Å²) in [5.41, 5.74) is 2.01. The van der Waals surface area contributed by atoms with Gasteiger partial charge in [0.25, 0.3) is 0 Å². The Morgan fingerprint density at radius 2 is 2.18 bits per heavy atom. The highest BCUT2D eigenvalue weighted by molar-refractivity contribution is 9.10. The first-order valence-corrected chi connectivity index (χ1v) is 6.58. The number of carbonyl (C=O) groups is 2. The number of fused-ring (bicyclic) bond motifs is 2. The maximum absolute atomic E-state index is 12.1. The molecule has 1 fully saturated rings. The Bertz CT molecular complexity index is 539. The molecule has 1 spiro atoms. The molecular weight excluding hydrogens is 305 g/mol. The molecule has 0 atom stereocenters. The Morgan fingerprint density at radius 1 is 1.47 bits per heavy atom. The summed E-state index contributed by atoms with van der Waals surface area (Å²) in [5, 5.41) is 0. The van der Waals surface area contributed by atoms with Crippen LogP contribution in [0.4, 0.5) is 5.69 Å². The molecule has 2 aliphatic rings. The lowest BCUT2D eigenvalue weighted by Gasteiger charge is -2.06. The lowest BCUT2D eigenvalue weighted by molar-refractivity contribution is -0.118. The van der Waals surface area contributed by atoms with Crippen LogP contribution in [0, 0.1) is 0 Å². The average Bonchev–Trinajstić information content (AvgIpc) is 3.13. The summed E-state index contributed by atoms with van der Waals surface area (Å²) in [7, 11) is 0. The van der Waals surface area contributed by atoms with Crippen molar-refractivity contribution >= 4 is 45.1 Å². The van der Waals surface area contributed by atoms with Gasteiger partial charge in [0, 0.05) is 5.56 Å². The summed E-state index contributed by atoms with van der Waals surface area (Å²) in [6.45, 7) is 0. The van der Waals surface area contributed by atoms with Crippen LogP contribution in [0.15, 0.2) is 18.2 Å². The topological polar surface area (TPSA) is 37.4 Å². The molecule has 1 aliphatic heterocycles. The minimum Gasteiger partial charge on any atom is -0.293 e. The van der Waals surface area contributed by atoms with Crippen LogP contribution in [0.25, 0.3) is 0 Å². The lowest BCUT2D eigenvalue weighted by atomic mass is 9.95. The second kappa shape index (κ2) is 3.56. The van der Waals surface area contributed by atoms with E-state index in [0.717, 1.165) is 24.1 Å². The molecule has 1 heterocycles. The monoisotopic (exact) mass is 313 g/mol. The highest BCUT2D eigenvalue weighted by Crippen LogP contribution is 2.58. The van der Waals surface area contributed by atoms with Crippen LogP contribution in [-0.2, 0) is 10.2 Å². The number of rotatable bonds is 2. The summed E-state index contributed by atoms with van der Waals surface area (Å²) < 4.78 is 1.50. The Morgan fingerprint density at radius 3 is 2.76 bits per heavy atom. The molecular formula is C12H9BrClNO2. The number of ketones is 1. The van der Waals surface area contributed by atoms with E-state index >= 15 is 0 Å². The summed E-state index contributed by atoms with van der Waals surface area (Å²) in [4.78, 5) is 23.6. The van der Waals surface area contributed by atoms with E-state index in [-0.39, 0.29) is 23.0 Å². The largest absolute Gasteiger partial charge is 0.293 e. The normalized spacial score (nSPS) is 19.6. The summed E-state index contributed by atoms with van der Waals surface area (Å²) in [6.07, 6.45) is 1.72. The maximum atomic E-state index is 12.1. The molecule has 0 N–H and O–H groups in total. The zero-order valence-corrected chi connectivity index (χ0v) is 11.2. The van der Waals surface area contributed by atoms with Gasteiger partial charge in [-0.15, -0.1) is 11.6 Å². The Hall–Kier alpha value is -0.870. The maximum Gasteiger partial charge on any atom is 0.247 e. The molecule has 5 heteroatoms. The minimum absolute atomic E-state index is 0.0300. The standard InChI is InChI=1S/C12H9BrClNO2/c13-15-9-2-1-7(10(16)6-14)5-8(9)12(3-4-12)11(15)17/h1-2,5H,3-4,6H2. The summed E-state index contributed by atoms with van der Waals surface area (Å²) >= 11 is 8.81. The van der Waals surface area contributed by atoms with Gasteiger partial charge < -0.3 is 0 Å². The van der Waals surface area contributed by atoms with Crippen LogP contribution < -0.4 is 3.93 Å². The SMILES string of the molecule is O=C(CCl)c1ccc2c(c1)C1(CC1)C(=O)N2Br. The number of halogens is 2. The molecule has 17 heavy (non-hydrogen) atoms. The van der Waals surface area contributed by atoms with Crippen molar-refractivity contribution in [1.82, 2.24) is 0 Å². The Kier molecular flexibility index (Phi) is 2.35. The predicted octanol–water partition coefficient (Wildman–Crippen LogP) is 2.80. The number of benzene rings is 1. The van der Waals surface area contributed by atoms with E-state index in [1.807, 2.05) is 6.07 Å². The van der Waals surface area contributed by atoms with Gasteiger partial charge in [-0.05, 0) is 36.6 Å². The Labute approximate surface area is 112 Å². The number of alkyl halides is 1. The van der Waals surface area contributed by atoms with Crippen molar-refractivity contribution in [2.24, 2.45) is 0 Å². The van der Waals surface area contributed by atoms with Crippen LogP contribution in [-0.4, -0.2) is 17.6 Å². The van der Waals surface area contributed by atoms with Crippen LogP contribution in [0.1, 0.15) is 28.8 Å². The molecule has 88 valence electrons. The number of amides is 1. The van der Waals surface area contributed by atoms with Crippen molar-refractivity contribution in [3.63, 3.8) is 0 Å². The van der Waals surface area contributed by atoms with Gasteiger partial charge in [-0.25, -0.2) is 3.93 Å². The number of hydrogen-bond donors (Lipinski definition) is 0. The zero-order valence-electron chi connectivity index (χ0n) is 8.87.